The second-order valence-electron chi connectivity index (χ2n) is 3.42. The zero-order chi connectivity index (χ0) is 8.91. The molecule has 0 amide bonds. The molecule has 11 heavy (non-hydrogen) atoms. The first-order valence-corrected chi connectivity index (χ1v) is 6.85. The molecule has 0 rings (SSSR count). The molecule has 0 saturated heterocycles. The molecule has 0 heterocycles. The zero-order valence-electron chi connectivity index (χ0n) is 7.86. The molecule has 0 saturated carbocycles. The van der Waals surface area contributed by atoms with Crippen molar-refractivity contribution in [1.29, 1.82) is 0 Å². The van der Waals surface area contributed by atoms with Gasteiger partial charge in [0, 0.05) is 0 Å². The quantitative estimate of drug-likeness (QED) is 0.413. The van der Waals surface area contributed by atoms with Crippen molar-refractivity contribution < 1.29 is 0 Å². The third-order valence-corrected chi connectivity index (χ3v) is 3.07. The predicted octanol–water partition coefficient (Wildman–Crippen LogP) is 2.93. The Morgan fingerprint density at radius 1 is 1.36 bits per heavy atom. The fourth-order valence-electron chi connectivity index (χ4n) is 0.417. The highest BCUT2D eigenvalue weighted by Crippen LogP contribution is 1.99. The lowest BCUT2D eigenvalue weighted by Crippen LogP contribution is -2.18. The molecule has 1 heteroatoms. The Morgan fingerprint density at radius 3 is 2.27 bits per heavy atom. The van der Waals surface area contributed by atoms with Crippen molar-refractivity contribution in [3.63, 3.8) is 0 Å². The summed E-state index contributed by atoms with van der Waals surface area (Å²) >= 11 is 0. The fourth-order valence-corrected chi connectivity index (χ4v) is 0.964. The summed E-state index contributed by atoms with van der Waals surface area (Å²) in [5, 5.41) is 0. The van der Waals surface area contributed by atoms with Gasteiger partial charge >= 0.3 is 0 Å². The largest absolute Gasteiger partial charge is 0.155 e. The highest BCUT2D eigenvalue weighted by molar-refractivity contribution is 6.89. The van der Waals surface area contributed by atoms with Gasteiger partial charge in [0.25, 0.3) is 0 Å². The van der Waals surface area contributed by atoms with Gasteiger partial charge in [-0.25, -0.2) is 0 Å². The molecular formula is C10H16Si. The number of rotatable bonds is 1. The van der Waals surface area contributed by atoms with Crippen LogP contribution in [-0.4, -0.2) is 8.07 Å². The van der Waals surface area contributed by atoms with E-state index in [1.54, 1.807) is 0 Å². The van der Waals surface area contributed by atoms with Crippen molar-refractivity contribution in [3.05, 3.63) is 23.9 Å². The van der Waals surface area contributed by atoms with Crippen molar-refractivity contribution in [3.8, 4) is 11.5 Å². The fraction of sp³-hybridized carbons (Fsp3) is 0.400. The van der Waals surface area contributed by atoms with Crippen LogP contribution in [0.1, 0.15) is 13.8 Å². The molecule has 0 aromatic rings. The summed E-state index contributed by atoms with van der Waals surface area (Å²) in [5.41, 5.74) is 6.49. The Kier molecular flexibility index (Phi) is 3.92. The minimum Gasteiger partial charge on any atom is -0.122 e. The van der Waals surface area contributed by atoms with Gasteiger partial charge < -0.3 is 0 Å². The summed E-state index contributed by atoms with van der Waals surface area (Å²) in [6.07, 6.45) is 1.96. The second kappa shape index (κ2) is 4.20. The van der Waals surface area contributed by atoms with Crippen molar-refractivity contribution >= 4 is 8.07 Å². The topological polar surface area (TPSA) is 0 Å². The van der Waals surface area contributed by atoms with E-state index in [4.69, 9.17) is 0 Å². The average Bonchev–Trinajstić information content (AvgIpc) is 1.87. The van der Waals surface area contributed by atoms with Crippen molar-refractivity contribution in [2.75, 3.05) is 0 Å². The maximum absolute atomic E-state index is 3.77. The summed E-state index contributed by atoms with van der Waals surface area (Å²) in [5.74, 6) is 3.05. The summed E-state index contributed by atoms with van der Waals surface area (Å²) in [4.78, 5) is 0. The maximum atomic E-state index is 3.77. The number of allylic oxidation sites excluding steroid dienone is 2. The highest BCUT2D eigenvalue weighted by atomic mass is 28.3. The van der Waals surface area contributed by atoms with Crippen LogP contribution in [0.25, 0.3) is 0 Å². The van der Waals surface area contributed by atoms with Crippen LogP contribution in [0.2, 0.25) is 13.1 Å². The molecule has 0 radical (unpaired) electrons. The molecule has 0 bridgehead atoms. The zero-order valence-corrected chi connectivity index (χ0v) is 8.86. The van der Waals surface area contributed by atoms with Crippen LogP contribution in [0, 0.1) is 11.5 Å². The number of hydrogen-bond acceptors (Lipinski definition) is 0. The molecule has 0 aromatic carbocycles. The maximum Gasteiger partial charge on any atom is 0.155 e. The van der Waals surface area contributed by atoms with Gasteiger partial charge in [-0.15, -0.1) is 12.1 Å². The lowest BCUT2D eigenvalue weighted by Gasteiger charge is -2.04. The van der Waals surface area contributed by atoms with Gasteiger partial charge in [-0.3, -0.25) is 0 Å². The molecule has 0 atom stereocenters. The summed E-state index contributed by atoms with van der Waals surface area (Å²) in [6, 6.07) is 0. The van der Waals surface area contributed by atoms with Crippen molar-refractivity contribution in [1.82, 2.24) is 0 Å². The van der Waals surface area contributed by atoms with Crippen LogP contribution < -0.4 is 0 Å². The first-order chi connectivity index (χ1) is 4.98. The van der Waals surface area contributed by atoms with Crippen LogP contribution in [0.3, 0.4) is 0 Å². The Bertz CT molecular complexity index is 219. The van der Waals surface area contributed by atoms with Gasteiger partial charge in [0.2, 0.25) is 0 Å². The van der Waals surface area contributed by atoms with Crippen LogP contribution in [0.4, 0.5) is 0 Å². The Morgan fingerprint density at radius 2 is 1.91 bits per heavy atom. The molecule has 0 aromatic heterocycles. The summed E-state index contributed by atoms with van der Waals surface area (Å²) in [7, 11) is -1.39. The Labute approximate surface area is 71.0 Å². The third kappa shape index (κ3) is 5.69. The van der Waals surface area contributed by atoms with Gasteiger partial charge in [0.15, 0.2) is 8.07 Å². The third-order valence-electron chi connectivity index (χ3n) is 1.27. The predicted molar refractivity (Wildman–Crippen MR) is 54.9 cm³/mol. The molecule has 0 aliphatic carbocycles. The minimum absolute atomic E-state index is 1.26. The summed E-state index contributed by atoms with van der Waals surface area (Å²) in [6.45, 7) is 12.2. The van der Waals surface area contributed by atoms with Gasteiger partial charge in [-0.1, -0.05) is 30.3 Å². The summed E-state index contributed by atoms with van der Waals surface area (Å²) < 4.78 is 0. The monoisotopic (exact) mass is 164 g/mol. The van der Waals surface area contributed by atoms with E-state index >= 15 is 0 Å². The molecule has 0 nitrogen and oxygen atoms in total. The van der Waals surface area contributed by atoms with Gasteiger partial charge in [-0.2, -0.15) is 0 Å². The first-order valence-electron chi connectivity index (χ1n) is 3.77. The lowest BCUT2D eigenvalue weighted by molar-refractivity contribution is 1.40. The van der Waals surface area contributed by atoms with Crippen LogP contribution in [0.15, 0.2) is 23.9 Å². The normalized spacial score (nSPS) is 9.45. The molecule has 0 spiro atoms. The van der Waals surface area contributed by atoms with E-state index < -0.39 is 8.07 Å². The van der Waals surface area contributed by atoms with Crippen LogP contribution in [0.5, 0.6) is 0 Å². The lowest BCUT2D eigenvalue weighted by atomic mass is 10.3. The second-order valence-corrected chi connectivity index (χ2v) is 7.52. The minimum atomic E-state index is -1.39. The van der Waals surface area contributed by atoms with E-state index in [0.717, 1.165) is 0 Å². The average molecular weight is 164 g/mol. The van der Waals surface area contributed by atoms with E-state index in [-0.39, 0.29) is 0 Å². The van der Waals surface area contributed by atoms with Gasteiger partial charge in [-0.05, 0) is 19.9 Å². The molecule has 0 aliphatic heterocycles. The van der Waals surface area contributed by atoms with E-state index in [1.165, 1.54) is 5.57 Å². The highest BCUT2D eigenvalue weighted by Gasteiger charge is 2.10. The SMILES string of the molecule is C=C[Si](C)(C)C#CC=C(C)C. The molecule has 0 N–H and O–H groups in total. The van der Waals surface area contributed by atoms with Gasteiger partial charge in [0.1, 0.15) is 0 Å². The van der Waals surface area contributed by atoms with E-state index in [9.17, 15) is 0 Å². The van der Waals surface area contributed by atoms with E-state index in [1.807, 2.05) is 11.8 Å². The van der Waals surface area contributed by atoms with Crippen molar-refractivity contribution in [2.24, 2.45) is 0 Å². The molecule has 60 valence electrons. The Hall–Kier alpha value is -0.743. The molecular weight excluding hydrogens is 148 g/mol. The van der Waals surface area contributed by atoms with Crippen molar-refractivity contribution in [2.45, 2.75) is 26.9 Å². The van der Waals surface area contributed by atoms with Gasteiger partial charge in [0.05, 0.1) is 0 Å². The first kappa shape index (κ1) is 10.3. The molecule has 0 aliphatic rings. The van der Waals surface area contributed by atoms with E-state index in [0.29, 0.717) is 0 Å². The van der Waals surface area contributed by atoms with Crippen LogP contribution >= 0.6 is 0 Å². The van der Waals surface area contributed by atoms with E-state index in [2.05, 4.69) is 45.0 Å². The smallest absolute Gasteiger partial charge is 0.122 e. The number of hydrogen-bond donors (Lipinski definition) is 0. The molecule has 0 unspecified atom stereocenters. The standard InChI is InChI=1S/C10H16Si/c1-6-11(4,5)9-7-8-10(2)3/h6,8H,1H2,2-5H3. The molecule has 0 fully saturated rings. The van der Waals surface area contributed by atoms with Crippen LogP contribution in [-0.2, 0) is 0 Å². The Balaban J connectivity index is 4.30.